The minimum atomic E-state index is -0.438. The summed E-state index contributed by atoms with van der Waals surface area (Å²) in [6.45, 7) is 2.50. The molecule has 1 aromatic rings. The van der Waals surface area contributed by atoms with Crippen molar-refractivity contribution in [2.24, 2.45) is 5.73 Å². The van der Waals surface area contributed by atoms with Crippen LogP contribution in [0.25, 0.3) is 0 Å². The van der Waals surface area contributed by atoms with E-state index in [1.54, 1.807) is 6.07 Å². The fraction of sp³-hybridized carbons (Fsp3) is 0.571. The Morgan fingerprint density at radius 3 is 2.70 bits per heavy atom. The standard InChI is InChI=1S/C14H20N2O4/c1-2-5-19-13-7-11(16(17)18)8-14(9-13)20-12-4-3-10(15)6-12/h7-10,12H,2-6,15H2,1H3. The molecule has 0 aliphatic heterocycles. The first kappa shape index (κ1) is 14.6. The van der Waals surface area contributed by atoms with Crippen LogP contribution in [0.15, 0.2) is 18.2 Å². The van der Waals surface area contributed by atoms with Gasteiger partial charge in [0.1, 0.15) is 17.6 Å². The molecule has 2 N–H and O–H groups in total. The van der Waals surface area contributed by atoms with Gasteiger partial charge >= 0.3 is 0 Å². The topological polar surface area (TPSA) is 87.6 Å². The quantitative estimate of drug-likeness (QED) is 0.639. The fourth-order valence-electron chi connectivity index (χ4n) is 2.31. The Balaban J connectivity index is 2.13. The lowest BCUT2D eigenvalue weighted by molar-refractivity contribution is -0.385. The predicted octanol–water partition coefficient (Wildman–Crippen LogP) is 2.64. The van der Waals surface area contributed by atoms with Crippen LogP contribution in [0.5, 0.6) is 11.5 Å². The molecule has 2 rings (SSSR count). The lowest BCUT2D eigenvalue weighted by Gasteiger charge is -2.14. The summed E-state index contributed by atoms with van der Waals surface area (Å²) in [5.74, 6) is 0.947. The van der Waals surface area contributed by atoms with E-state index in [0.717, 1.165) is 25.7 Å². The first-order valence-corrected chi connectivity index (χ1v) is 6.93. The Bertz CT molecular complexity index is 478. The maximum Gasteiger partial charge on any atom is 0.276 e. The van der Waals surface area contributed by atoms with E-state index < -0.39 is 4.92 Å². The number of hydrogen-bond donors (Lipinski definition) is 1. The van der Waals surface area contributed by atoms with Crippen LogP contribution in [0.1, 0.15) is 32.6 Å². The van der Waals surface area contributed by atoms with Crippen LogP contribution in [0.2, 0.25) is 0 Å². The third-order valence-electron chi connectivity index (χ3n) is 3.28. The van der Waals surface area contributed by atoms with Crippen LogP contribution in [0.3, 0.4) is 0 Å². The Labute approximate surface area is 118 Å². The van der Waals surface area contributed by atoms with Gasteiger partial charge < -0.3 is 15.2 Å². The fourth-order valence-corrected chi connectivity index (χ4v) is 2.31. The Morgan fingerprint density at radius 2 is 2.10 bits per heavy atom. The highest BCUT2D eigenvalue weighted by molar-refractivity contribution is 5.46. The third-order valence-corrected chi connectivity index (χ3v) is 3.28. The Hall–Kier alpha value is -1.82. The molecular formula is C14H20N2O4. The van der Waals surface area contributed by atoms with Crippen molar-refractivity contribution in [1.29, 1.82) is 0 Å². The molecule has 1 saturated carbocycles. The summed E-state index contributed by atoms with van der Waals surface area (Å²) in [4.78, 5) is 10.5. The van der Waals surface area contributed by atoms with Gasteiger partial charge in [-0.05, 0) is 25.7 Å². The molecule has 1 fully saturated rings. The summed E-state index contributed by atoms with van der Waals surface area (Å²) < 4.78 is 11.3. The minimum Gasteiger partial charge on any atom is -0.493 e. The molecule has 2 atom stereocenters. The number of nitrogens with zero attached hydrogens (tertiary/aromatic N) is 1. The van der Waals surface area contributed by atoms with Crippen LogP contribution >= 0.6 is 0 Å². The van der Waals surface area contributed by atoms with E-state index in [2.05, 4.69) is 0 Å². The van der Waals surface area contributed by atoms with Crippen molar-refractivity contribution in [2.75, 3.05) is 6.61 Å². The lowest BCUT2D eigenvalue weighted by atomic mass is 10.2. The first-order valence-electron chi connectivity index (χ1n) is 6.93. The van der Waals surface area contributed by atoms with Crippen LogP contribution in [-0.2, 0) is 0 Å². The lowest BCUT2D eigenvalue weighted by Crippen LogP contribution is -2.19. The van der Waals surface area contributed by atoms with Gasteiger partial charge in [0.15, 0.2) is 0 Å². The summed E-state index contributed by atoms with van der Waals surface area (Å²) in [5.41, 5.74) is 5.82. The number of rotatable bonds is 6. The molecule has 0 heterocycles. The highest BCUT2D eigenvalue weighted by Crippen LogP contribution is 2.31. The maximum atomic E-state index is 10.9. The molecule has 0 amide bonds. The summed E-state index contributed by atoms with van der Waals surface area (Å²) >= 11 is 0. The zero-order chi connectivity index (χ0) is 14.5. The molecule has 6 heteroatoms. The van der Waals surface area contributed by atoms with E-state index in [0.29, 0.717) is 18.1 Å². The van der Waals surface area contributed by atoms with Gasteiger partial charge in [-0.15, -0.1) is 0 Å². The third kappa shape index (κ3) is 3.84. The average Bonchev–Trinajstić information content (AvgIpc) is 2.81. The highest BCUT2D eigenvalue weighted by Gasteiger charge is 2.24. The second kappa shape index (κ2) is 6.56. The van der Waals surface area contributed by atoms with E-state index in [4.69, 9.17) is 15.2 Å². The van der Waals surface area contributed by atoms with E-state index >= 15 is 0 Å². The SMILES string of the molecule is CCCOc1cc(OC2CCC(N)C2)cc([N+](=O)[O-])c1. The van der Waals surface area contributed by atoms with E-state index in [1.165, 1.54) is 12.1 Å². The number of nitrogens with two attached hydrogens (primary N) is 1. The predicted molar refractivity (Wildman–Crippen MR) is 75.1 cm³/mol. The van der Waals surface area contributed by atoms with Crippen LogP contribution in [0.4, 0.5) is 5.69 Å². The van der Waals surface area contributed by atoms with Gasteiger partial charge in [-0.3, -0.25) is 10.1 Å². The number of benzene rings is 1. The van der Waals surface area contributed by atoms with Crippen molar-refractivity contribution >= 4 is 5.69 Å². The van der Waals surface area contributed by atoms with Crippen LogP contribution in [0, 0.1) is 10.1 Å². The Kier molecular flexibility index (Phi) is 4.79. The summed E-state index contributed by atoms with van der Waals surface area (Å²) in [7, 11) is 0. The normalized spacial score (nSPS) is 21.7. The van der Waals surface area contributed by atoms with Crippen molar-refractivity contribution < 1.29 is 14.4 Å². The summed E-state index contributed by atoms with van der Waals surface area (Å²) in [6.07, 6.45) is 3.48. The van der Waals surface area contributed by atoms with Crippen molar-refractivity contribution in [3.8, 4) is 11.5 Å². The molecule has 6 nitrogen and oxygen atoms in total. The largest absolute Gasteiger partial charge is 0.493 e. The number of non-ortho nitro benzene ring substituents is 1. The van der Waals surface area contributed by atoms with Crippen LogP contribution < -0.4 is 15.2 Å². The van der Waals surface area contributed by atoms with Gasteiger partial charge in [-0.1, -0.05) is 6.92 Å². The molecule has 20 heavy (non-hydrogen) atoms. The number of hydrogen-bond acceptors (Lipinski definition) is 5. The van der Waals surface area contributed by atoms with Crippen molar-refractivity contribution in [2.45, 2.75) is 44.8 Å². The van der Waals surface area contributed by atoms with Crippen molar-refractivity contribution in [3.63, 3.8) is 0 Å². The molecule has 0 aromatic heterocycles. The summed E-state index contributed by atoms with van der Waals surface area (Å²) in [5, 5.41) is 10.9. The van der Waals surface area contributed by atoms with Gasteiger partial charge in [0, 0.05) is 12.1 Å². The van der Waals surface area contributed by atoms with Gasteiger partial charge in [0.2, 0.25) is 0 Å². The number of nitro groups is 1. The molecular weight excluding hydrogens is 260 g/mol. The smallest absolute Gasteiger partial charge is 0.276 e. The first-order chi connectivity index (χ1) is 9.58. The molecule has 110 valence electrons. The molecule has 1 aliphatic carbocycles. The minimum absolute atomic E-state index is 0.0177. The Morgan fingerprint density at radius 1 is 1.35 bits per heavy atom. The molecule has 2 unspecified atom stereocenters. The van der Waals surface area contributed by atoms with E-state index in [-0.39, 0.29) is 17.8 Å². The van der Waals surface area contributed by atoms with Gasteiger partial charge in [0.05, 0.1) is 23.7 Å². The van der Waals surface area contributed by atoms with Gasteiger partial charge in [-0.2, -0.15) is 0 Å². The van der Waals surface area contributed by atoms with E-state index in [1.807, 2.05) is 6.92 Å². The molecule has 1 aromatic carbocycles. The molecule has 0 spiro atoms. The number of ether oxygens (including phenoxy) is 2. The van der Waals surface area contributed by atoms with Gasteiger partial charge in [0.25, 0.3) is 5.69 Å². The second-order valence-corrected chi connectivity index (χ2v) is 5.08. The highest BCUT2D eigenvalue weighted by atomic mass is 16.6. The van der Waals surface area contributed by atoms with Crippen molar-refractivity contribution in [1.82, 2.24) is 0 Å². The van der Waals surface area contributed by atoms with Gasteiger partial charge in [-0.25, -0.2) is 0 Å². The maximum absolute atomic E-state index is 10.9. The molecule has 1 aliphatic rings. The zero-order valence-electron chi connectivity index (χ0n) is 11.6. The summed E-state index contributed by atoms with van der Waals surface area (Å²) in [6, 6.07) is 4.72. The van der Waals surface area contributed by atoms with Crippen molar-refractivity contribution in [3.05, 3.63) is 28.3 Å². The zero-order valence-corrected chi connectivity index (χ0v) is 11.6. The molecule has 0 bridgehead atoms. The van der Waals surface area contributed by atoms with E-state index in [9.17, 15) is 10.1 Å². The average molecular weight is 280 g/mol. The molecule has 0 saturated heterocycles. The molecule has 0 radical (unpaired) electrons. The monoisotopic (exact) mass is 280 g/mol. The second-order valence-electron chi connectivity index (χ2n) is 5.08. The van der Waals surface area contributed by atoms with Crippen LogP contribution in [-0.4, -0.2) is 23.7 Å². The number of nitro benzene ring substituents is 1.